The molecule has 1 heterocycles. The summed E-state index contributed by atoms with van der Waals surface area (Å²) in [6.45, 7) is 1.87. The molecule has 0 unspecified atom stereocenters. The molecule has 1 N–H and O–H groups in total. The first-order valence-electron chi connectivity index (χ1n) is 7.66. The maximum atomic E-state index is 12.5. The Morgan fingerprint density at radius 2 is 1.71 bits per heavy atom. The number of nitrogens with one attached hydrogen (secondary N) is 1. The first kappa shape index (κ1) is 16.2. The molecule has 1 aromatic heterocycles. The standard InChI is InChI=1S/C19H19N3OS/c1-13-17(24-19(20-13)14-7-5-4-6-8-14)18(23)21-15-9-11-16(12-10-15)22(2)3/h4-12H,1-3H3,(H,21,23). The number of aryl methyl sites for hydroxylation is 1. The van der Waals surface area contributed by atoms with Gasteiger partial charge in [-0.25, -0.2) is 4.98 Å². The smallest absolute Gasteiger partial charge is 0.267 e. The van der Waals surface area contributed by atoms with Crippen LogP contribution in [0.5, 0.6) is 0 Å². The maximum absolute atomic E-state index is 12.5. The van der Waals surface area contributed by atoms with Crippen molar-refractivity contribution in [2.45, 2.75) is 6.92 Å². The van der Waals surface area contributed by atoms with E-state index < -0.39 is 0 Å². The molecule has 3 aromatic rings. The normalized spacial score (nSPS) is 10.5. The number of anilines is 2. The lowest BCUT2D eigenvalue weighted by molar-refractivity contribution is 0.103. The molecule has 0 spiro atoms. The summed E-state index contributed by atoms with van der Waals surface area (Å²) in [5.41, 5.74) is 3.65. The van der Waals surface area contributed by atoms with Crippen molar-refractivity contribution in [3.8, 4) is 10.6 Å². The number of benzene rings is 2. The van der Waals surface area contributed by atoms with Gasteiger partial charge in [-0.05, 0) is 31.2 Å². The van der Waals surface area contributed by atoms with Gasteiger partial charge >= 0.3 is 0 Å². The number of nitrogens with zero attached hydrogens (tertiary/aromatic N) is 2. The van der Waals surface area contributed by atoms with Crippen LogP contribution in [0.2, 0.25) is 0 Å². The third-order valence-corrected chi connectivity index (χ3v) is 4.87. The predicted molar refractivity (Wildman–Crippen MR) is 101 cm³/mol. The average molecular weight is 337 g/mol. The Kier molecular flexibility index (Phi) is 4.62. The summed E-state index contributed by atoms with van der Waals surface area (Å²) in [6, 6.07) is 17.7. The zero-order chi connectivity index (χ0) is 17.1. The van der Waals surface area contributed by atoms with Gasteiger partial charge in [-0.1, -0.05) is 30.3 Å². The lowest BCUT2D eigenvalue weighted by Gasteiger charge is -2.12. The fourth-order valence-corrected chi connectivity index (χ4v) is 3.31. The van der Waals surface area contributed by atoms with Crippen molar-refractivity contribution in [3.05, 3.63) is 65.2 Å². The highest BCUT2D eigenvalue weighted by Gasteiger charge is 2.16. The summed E-state index contributed by atoms with van der Waals surface area (Å²) < 4.78 is 0. The molecule has 0 saturated carbocycles. The lowest BCUT2D eigenvalue weighted by Crippen LogP contribution is -2.12. The SMILES string of the molecule is Cc1nc(-c2ccccc2)sc1C(=O)Nc1ccc(N(C)C)cc1. The van der Waals surface area contributed by atoms with Crippen LogP contribution in [0.3, 0.4) is 0 Å². The van der Waals surface area contributed by atoms with Crippen molar-refractivity contribution in [2.75, 3.05) is 24.3 Å². The average Bonchev–Trinajstić information content (AvgIpc) is 2.98. The molecule has 0 atom stereocenters. The molecule has 24 heavy (non-hydrogen) atoms. The minimum atomic E-state index is -0.121. The van der Waals surface area contributed by atoms with Crippen molar-refractivity contribution in [2.24, 2.45) is 0 Å². The van der Waals surface area contributed by atoms with Crippen molar-refractivity contribution in [3.63, 3.8) is 0 Å². The molecular formula is C19H19N3OS. The Labute approximate surface area is 145 Å². The van der Waals surface area contributed by atoms with Gasteiger partial charge in [-0.3, -0.25) is 4.79 Å². The fourth-order valence-electron chi connectivity index (χ4n) is 2.34. The first-order chi connectivity index (χ1) is 11.5. The quantitative estimate of drug-likeness (QED) is 0.765. The van der Waals surface area contributed by atoms with Gasteiger partial charge in [0.05, 0.1) is 5.69 Å². The van der Waals surface area contributed by atoms with E-state index in [1.165, 1.54) is 11.3 Å². The number of carbonyl (C=O) groups excluding carboxylic acids is 1. The predicted octanol–water partition coefficient (Wildman–Crippen LogP) is 4.44. The number of thiazole rings is 1. The summed E-state index contributed by atoms with van der Waals surface area (Å²) in [7, 11) is 3.97. The summed E-state index contributed by atoms with van der Waals surface area (Å²) in [5.74, 6) is -0.121. The maximum Gasteiger partial charge on any atom is 0.267 e. The zero-order valence-electron chi connectivity index (χ0n) is 13.9. The van der Waals surface area contributed by atoms with E-state index in [2.05, 4.69) is 10.3 Å². The zero-order valence-corrected chi connectivity index (χ0v) is 14.7. The Hall–Kier alpha value is -2.66. The highest BCUT2D eigenvalue weighted by molar-refractivity contribution is 7.17. The number of rotatable bonds is 4. The van der Waals surface area contributed by atoms with E-state index in [1.54, 1.807) is 0 Å². The van der Waals surface area contributed by atoms with Crippen LogP contribution < -0.4 is 10.2 Å². The van der Waals surface area contributed by atoms with Gasteiger partial charge in [0, 0.05) is 31.0 Å². The molecule has 2 aromatic carbocycles. The molecule has 3 rings (SSSR count). The van der Waals surface area contributed by atoms with Crippen LogP contribution in [0.15, 0.2) is 54.6 Å². The number of hydrogen-bond donors (Lipinski definition) is 1. The van der Waals surface area contributed by atoms with Crippen LogP contribution in [0.25, 0.3) is 10.6 Å². The van der Waals surface area contributed by atoms with Crippen LogP contribution in [0.1, 0.15) is 15.4 Å². The fraction of sp³-hybridized carbons (Fsp3) is 0.158. The summed E-state index contributed by atoms with van der Waals surface area (Å²) in [4.78, 5) is 19.7. The van der Waals surface area contributed by atoms with E-state index in [4.69, 9.17) is 0 Å². The minimum Gasteiger partial charge on any atom is -0.378 e. The number of aromatic nitrogens is 1. The third kappa shape index (κ3) is 3.46. The minimum absolute atomic E-state index is 0.121. The second-order valence-electron chi connectivity index (χ2n) is 5.70. The Morgan fingerprint density at radius 3 is 2.33 bits per heavy atom. The molecule has 4 nitrogen and oxygen atoms in total. The third-order valence-electron chi connectivity index (χ3n) is 3.67. The van der Waals surface area contributed by atoms with E-state index in [1.807, 2.05) is 80.5 Å². The van der Waals surface area contributed by atoms with Crippen LogP contribution in [-0.4, -0.2) is 25.0 Å². The Bertz CT molecular complexity index is 839. The molecule has 0 aliphatic heterocycles. The molecule has 0 radical (unpaired) electrons. The molecule has 0 saturated heterocycles. The number of carbonyl (C=O) groups is 1. The number of amides is 1. The molecule has 0 bridgehead atoms. The monoisotopic (exact) mass is 337 g/mol. The van der Waals surface area contributed by atoms with Gasteiger partial charge in [0.1, 0.15) is 9.88 Å². The summed E-state index contributed by atoms with van der Waals surface area (Å²) in [5, 5.41) is 3.81. The van der Waals surface area contributed by atoms with E-state index >= 15 is 0 Å². The molecule has 0 aliphatic carbocycles. The highest BCUT2D eigenvalue weighted by Crippen LogP contribution is 2.28. The molecule has 5 heteroatoms. The Balaban J connectivity index is 1.79. The van der Waals surface area contributed by atoms with Gasteiger partial charge in [-0.15, -0.1) is 11.3 Å². The van der Waals surface area contributed by atoms with Gasteiger partial charge in [0.15, 0.2) is 0 Å². The first-order valence-corrected chi connectivity index (χ1v) is 8.48. The Morgan fingerprint density at radius 1 is 1.04 bits per heavy atom. The van der Waals surface area contributed by atoms with Crippen molar-refractivity contribution < 1.29 is 4.79 Å². The molecule has 0 aliphatic rings. The van der Waals surface area contributed by atoms with Gasteiger partial charge in [-0.2, -0.15) is 0 Å². The van der Waals surface area contributed by atoms with E-state index in [0.29, 0.717) is 4.88 Å². The molecule has 0 fully saturated rings. The van der Waals surface area contributed by atoms with Crippen molar-refractivity contribution in [1.82, 2.24) is 4.98 Å². The van der Waals surface area contributed by atoms with Gasteiger partial charge < -0.3 is 10.2 Å². The summed E-state index contributed by atoms with van der Waals surface area (Å²) >= 11 is 1.42. The largest absolute Gasteiger partial charge is 0.378 e. The van der Waals surface area contributed by atoms with Crippen LogP contribution >= 0.6 is 11.3 Å². The molecule has 122 valence electrons. The van der Waals surface area contributed by atoms with Crippen molar-refractivity contribution in [1.29, 1.82) is 0 Å². The van der Waals surface area contributed by atoms with E-state index in [0.717, 1.165) is 27.6 Å². The van der Waals surface area contributed by atoms with E-state index in [9.17, 15) is 4.79 Å². The second kappa shape index (κ2) is 6.84. The van der Waals surface area contributed by atoms with Crippen LogP contribution in [0.4, 0.5) is 11.4 Å². The highest BCUT2D eigenvalue weighted by atomic mass is 32.1. The second-order valence-corrected chi connectivity index (χ2v) is 6.69. The van der Waals surface area contributed by atoms with Crippen molar-refractivity contribution >= 4 is 28.6 Å². The van der Waals surface area contributed by atoms with Gasteiger partial charge in [0.25, 0.3) is 5.91 Å². The summed E-state index contributed by atoms with van der Waals surface area (Å²) in [6.07, 6.45) is 0. The lowest BCUT2D eigenvalue weighted by atomic mass is 10.2. The molecule has 1 amide bonds. The van der Waals surface area contributed by atoms with Crippen LogP contribution in [0, 0.1) is 6.92 Å². The molecular weight excluding hydrogens is 318 g/mol. The van der Waals surface area contributed by atoms with E-state index in [-0.39, 0.29) is 5.91 Å². The van der Waals surface area contributed by atoms with Gasteiger partial charge in [0.2, 0.25) is 0 Å². The topological polar surface area (TPSA) is 45.2 Å². The van der Waals surface area contributed by atoms with Crippen LogP contribution in [-0.2, 0) is 0 Å². The number of hydrogen-bond acceptors (Lipinski definition) is 4.